The summed E-state index contributed by atoms with van der Waals surface area (Å²) in [5.74, 6) is 0. The Hall–Kier alpha value is -2.04. The second kappa shape index (κ2) is 5.15. The Morgan fingerprint density at radius 3 is 2.70 bits per heavy atom. The maximum atomic E-state index is 12.4. The monoisotopic (exact) mass is 307 g/mol. The van der Waals surface area contributed by atoms with E-state index in [9.17, 15) is 8.42 Å². The molecule has 0 atom stereocenters. The van der Waals surface area contributed by atoms with Crippen molar-refractivity contribution in [2.75, 3.05) is 10.5 Å². The zero-order valence-corrected chi connectivity index (χ0v) is 12.6. The number of anilines is 2. The van der Waals surface area contributed by atoms with Crippen LogP contribution < -0.4 is 10.5 Å². The third-order valence-corrected chi connectivity index (χ3v) is 5.28. The van der Waals surface area contributed by atoms with Crippen molar-refractivity contribution in [1.82, 2.24) is 0 Å². The fraction of sp³-hybridized carbons (Fsp3) is 0.154. The van der Waals surface area contributed by atoms with Crippen molar-refractivity contribution >= 4 is 32.0 Å². The van der Waals surface area contributed by atoms with Gasteiger partial charge in [0.25, 0.3) is 10.0 Å². The first-order valence-corrected chi connectivity index (χ1v) is 8.08. The van der Waals surface area contributed by atoms with Crippen molar-refractivity contribution in [3.05, 3.63) is 40.3 Å². The average Bonchev–Trinajstić information content (AvgIpc) is 2.80. The summed E-state index contributed by atoms with van der Waals surface area (Å²) in [7, 11) is -3.76. The van der Waals surface area contributed by atoms with Crippen LogP contribution in [0.2, 0.25) is 0 Å². The molecule has 3 N–H and O–H groups in total. The summed E-state index contributed by atoms with van der Waals surface area (Å²) in [6, 6.07) is 6.80. The molecule has 1 aromatic heterocycles. The van der Waals surface area contributed by atoms with Gasteiger partial charge in [0.1, 0.15) is 11.1 Å². The standard InChI is InChI=1S/C13H13N3O2S2/c1-8-5-11(15)9(2)12(6-8)20(17,18)16-13-10(7-14)3-4-19-13/h3-6,16H,15H2,1-2H3. The molecule has 0 fully saturated rings. The Labute approximate surface area is 121 Å². The summed E-state index contributed by atoms with van der Waals surface area (Å²) in [6.07, 6.45) is 0. The molecule has 0 saturated heterocycles. The molecule has 1 heterocycles. The van der Waals surface area contributed by atoms with Crippen LogP contribution in [0, 0.1) is 25.2 Å². The van der Waals surface area contributed by atoms with Gasteiger partial charge in [-0.1, -0.05) is 0 Å². The number of hydrogen-bond acceptors (Lipinski definition) is 5. The molecule has 0 aliphatic rings. The molecule has 0 bridgehead atoms. The third-order valence-electron chi connectivity index (χ3n) is 2.85. The van der Waals surface area contributed by atoms with Crippen molar-refractivity contribution in [3.8, 4) is 6.07 Å². The van der Waals surface area contributed by atoms with Gasteiger partial charge in [-0.15, -0.1) is 11.3 Å². The van der Waals surface area contributed by atoms with E-state index in [2.05, 4.69) is 4.72 Å². The van der Waals surface area contributed by atoms with Gasteiger partial charge in [0.15, 0.2) is 0 Å². The largest absolute Gasteiger partial charge is 0.398 e. The number of sulfonamides is 1. The molecule has 1 aromatic carbocycles. The molecule has 0 unspecified atom stereocenters. The lowest BCUT2D eigenvalue weighted by Gasteiger charge is -2.12. The van der Waals surface area contributed by atoms with Crippen LogP contribution in [-0.2, 0) is 10.0 Å². The van der Waals surface area contributed by atoms with E-state index < -0.39 is 10.0 Å². The van der Waals surface area contributed by atoms with Crippen molar-refractivity contribution in [1.29, 1.82) is 5.26 Å². The summed E-state index contributed by atoms with van der Waals surface area (Å²) in [5.41, 5.74) is 7.80. The van der Waals surface area contributed by atoms with Gasteiger partial charge < -0.3 is 5.73 Å². The van der Waals surface area contributed by atoms with Crippen LogP contribution in [0.15, 0.2) is 28.5 Å². The number of thiophene rings is 1. The van der Waals surface area contributed by atoms with Gasteiger partial charge in [-0.05, 0) is 48.6 Å². The van der Waals surface area contributed by atoms with E-state index >= 15 is 0 Å². The number of nitrogens with two attached hydrogens (primary N) is 1. The highest BCUT2D eigenvalue weighted by molar-refractivity contribution is 7.93. The number of nitriles is 1. The predicted octanol–water partition coefficient (Wildman–Crippen LogP) is 2.62. The quantitative estimate of drug-likeness (QED) is 0.852. The first kappa shape index (κ1) is 14.4. The number of aryl methyl sites for hydroxylation is 1. The second-order valence-electron chi connectivity index (χ2n) is 4.36. The van der Waals surface area contributed by atoms with Gasteiger partial charge in [-0.2, -0.15) is 5.26 Å². The maximum Gasteiger partial charge on any atom is 0.262 e. The van der Waals surface area contributed by atoms with Crippen LogP contribution in [0.25, 0.3) is 0 Å². The van der Waals surface area contributed by atoms with E-state index in [1.807, 2.05) is 6.07 Å². The van der Waals surface area contributed by atoms with Crippen LogP contribution >= 0.6 is 11.3 Å². The number of rotatable bonds is 3. The van der Waals surface area contributed by atoms with E-state index in [1.165, 1.54) is 11.3 Å². The van der Waals surface area contributed by atoms with Crippen LogP contribution in [-0.4, -0.2) is 8.42 Å². The van der Waals surface area contributed by atoms with Gasteiger partial charge in [0, 0.05) is 5.69 Å². The fourth-order valence-corrected chi connectivity index (χ4v) is 4.21. The molecule has 20 heavy (non-hydrogen) atoms. The lowest BCUT2D eigenvalue weighted by molar-refractivity contribution is 0.600. The molecular weight excluding hydrogens is 294 g/mol. The van der Waals surface area contributed by atoms with Gasteiger partial charge in [0.05, 0.1) is 10.5 Å². The van der Waals surface area contributed by atoms with Crippen LogP contribution in [0.3, 0.4) is 0 Å². The Bertz CT molecular complexity index is 802. The number of nitrogen functional groups attached to an aromatic ring is 1. The Kier molecular flexibility index (Phi) is 3.70. The molecule has 7 heteroatoms. The SMILES string of the molecule is Cc1cc(N)c(C)c(S(=O)(=O)Nc2sccc2C#N)c1. The minimum Gasteiger partial charge on any atom is -0.398 e. The normalized spacial score (nSPS) is 11.1. The van der Waals surface area contributed by atoms with E-state index in [4.69, 9.17) is 11.0 Å². The highest BCUT2D eigenvalue weighted by Crippen LogP contribution is 2.28. The predicted molar refractivity (Wildman–Crippen MR) is 80.2 cm³/mol. The first-order valence-electron chi connectivity index (χ1n) is 5.72. The van der Waals surface area contributed by atoms with E-state index in [0.29, 0.717) is 21.8 Å². The second-order valence-corrected chi connectivity index (χ2v) is 6.92. The molecule has 5 nitrogen and oxygen atoms in total. The Balaban J connectivity index is 2.50. The van der Waals surface area contributed by atoms with E-state index in [1.54, 1.807) is 37.4 Å². The van der Waals surface area contributed by atoms with Crippen molar-refractivity contribution in [2.24, 2.45) is 0 Å². The Morgan fingerprint density at radius 2 is 2.05 bits per heavy atom. The highest BCUT2D eigenvalue weighted by Gasteiger charge is 2.20. The van der Waals surface area contributed by atoms with Gasteiger partial charge in [0.2, 0.25) is 0 Å². The number of hydrogen-bond donors (Lipinski definition) is 2. The fourth-order valence-electron chi connectivity index (χ4n) is 1.78. The number of nitrogens with one attached hydrogen (secondary N) is 1. The van der Waals surface area contributed by atoms with Crippen LogP contribution in [0.1, 0.15) is 16.7 Å². The van der Waals surface area contributed by atoms with Gasteiger partial charge in [-0.3, -0.25) is 4.72 Å². The van der Waals surface area contributed by atoms with Gasteiger partial charge in [-0.25, -0.2) is 8.42 Å². The lowest BCUT2D eigenvalue weighted by atomic mass is 10.1. The molecule has 0 radical (unpaired) electrons. The summed E-state index contributed by atoms with van der Waals surface area (Å²) < 4.78 is 27.3. The molecule has 0 saturated carbocycles. The molecule has 0 aliphatic carbocycles. The van der Waals surface area contributed by atoms with Crippen molar-refractivity contribution < 1.29 is 8.42 Å². The topological polar surface area (TPSA) is 96.0 Å². The van der Waals surface area contributed by atoms with Crippen LogP contribution in [0.4, 0.5) is 10.7 Å². The molecule has 0 spiro atoms. The zero-order chi connectivity index (χ0) is 14.9. The first-order chi connectivity index (χ1) is 9.35. The molecule has 104 valence electrons. The lowest BCUT2D eigenvalue weighted by Crippen LogP contribution is -2.15. The maximum absolute atomic E-state index is 12.4. The Morgan fingerprint density at radius 1 is 1.35 bits per heavy atom. The van der Waals surface area contributed by atoms with Crippen molar-refractivity contribution in [2.45, 2.75) is 18.7 Å². The number of nitrogens with zero attached hydrogens (tertiary/aromatic N) is 1. The summed E-state index contributed by atoms with van der Waals surface area (Å²) >= 11 is 1.17. The molecule has 0 aliphatic heterocycles. The van der Waals surface area contributed by atoms with Gasteiger partial charge >= 0.3 is 0 Å². The summed E-state index contributed by atoms with van der Waals surface area (Å²) in [6.45, 7) is 3.43. The summed E-state index contributed by atoms with van der Waals surface area (Å²) in [5, 5.41) is 10.9. The summed E-state index contributed by atoms with van der Waals surface area (Å²) in [4.78, 5) is 0.132. The minimum atomic E-state index is -3.76. The molecular formula is C13H13N3O2S2. The third kappa shape index (κ3) is 2.61. The highest BCUT2D eigenvalue weighted by atomic mass is 32.2. The smallest absolute Gasteiger partial charge is 0.262 e. The van der Waals surface area contributed by atoms with Crippen LogP contribution in [0.5, 0.6) is 0 Å². The minimum absolute atomic E-state index is 0.132. The number of benzene rings is 1. The molecule has 2 rings (SSSR count). The molecule has 2 aromatic rings. The molecule has 0 amide bonds. The van der Waals surface area contributed by atoms with E-state index in [0.717, 1.165) is 5.56 Å². The van der Waals surface area contributed by atoms with E-state index in [-0.39, 0.29) is 4.90 Å². The van der Waals surface area contributed by atoms with Crippen molar-refractivity contribution in [3.63, 3.8) is 0 Å². The average molecular weight is 307 g/mol. The zero-order valence-electron chi connectivity index (χ0n) is 11.0.